The monoisotopic (exact) mass is 496 g/mol. The molecule has 5 nitrogen and oxygen atoms in total. The first-order chi connectivity index (χ1) is 18.1. The molecule has 2 N–H and O–H groups in total. The highest BCUT2D eigenvalue weighted by molar-refractivity contribution is 6.05. The zero-order valence-electron chi connectivity index (χ0n) is 21.0. The number of fused-ring (bicyclic) bond motifs is 1. The molecule has 0 saturated carbocycles. The van der Waals surface area contributed by atoms with Crippen LogP contribution in [0.5, 0.6) is 5.75 Å². The Balaban J connectivity index is 1.43. The van der Waals surface area contributed by atoms with Crippen molar-refractivity contribution in [3.63, 3.8) is 0 Å². The summed E-state index contributed by atoms with van der Waals surface area (Å²) in [6.45, 7) is 3.09. The molecule has 5 heteroatoms. The van der Waals surface area contributed by atoms with Gasteiger partial charge in [-0.15, -0.1) is 0 Å². The van der Waals surface area contributed by atoms with Gasteiger partial charge in [-0.05, 0) is 76.1 Å². The Bertz CT molecular complexity index is 1400. The molecular formula is C32H32O5. The van der Waals surface area contributed by atoms with E-state index in [-0.39, 0.29) is 18.3 Å². The molecule has 0 aliphatic carbocycles. The first-order valence-corrected chi connectivity index (χ1v) is 12.9. The van der Waals surface area contributed by atoms with Crippen molar-refractivity contribution in [1.82, 2.24) is 0 Å². The first-order valence-electron chi connectivity index (χ1n) is 12.9. The van der Waals surface area contributed by atoms with E-state index in [9.17, 15) is 15.0 Å². The lowest BCUT2D eigenvalue weighted by Gasteiger charge is -2.29. The average Bonchev–Trinajstić information content (AvgIpc) is 2.95. The van der Waals surface area contributed by atoms with Gasteiger partial charge in [-0.3, -0.25) is 0 Å². The Labute approximate surface area is 217 Å². The van der Waals surface area contributed by atoms with Crippen LogP contribution in [0.15, 0.2) is 78.9 Å². The number of hydrogen-bond donors (Lipinski definition) is 2. The highest BCUT2D eigenvalue weighted by Gasteiger charge is 2.23. The van der Waals surface area contributed by atoms with Gasteiger partial charge in [0, 0.05) is 12.2 Å². The SMILES string of the molecule is CCC1CCOC(c2cccc(COc3ccc4c(-c5ccccc5)c(CO)c(C(=O)O)cc4c3)c2)C1. The molecule has 37 heavy (non-hydrogen) atoms. The number of carbonyl (C=O) groups is 1. The van der Waals surface area contributed by atoms with E-state index in [1.54, 1.807) is 6.07 Å². The number of ether oxygens (including phenoxy) is 2. The summed E-state index contributed by atoms with van der Waals surface area (Å²) in [6.07, 6.45) is 3.50. The molecule has 1 aliphatic rings. The fourth-order valence-electron chi connectivity index (χ4n) is 5.33. The average molecular weight is 497 g/mol. The van der Waals surface area contributed by atoms with Crippen LogP contribution in [0.25, 0.3) is 21.9 Å². The van der Waals surface area contributed by atoms with Crippen LogP contribution in [-0.2, 0) is 18.0 Å². The summed E-state index contributed by atoms with van der Waals surface area (Å²) in [4.78, 5) is 12.1. The minimum atomic E-state index is -1.07. The third kappa shape index (κ3) is 5.38. The molecule has 5 rings (SSSR count). The molecule has 2 atom stereocenters. The molecular weight excluding hydrogens is 464 g/mol. The topological polar surface area (TPSA) is 76.0 Å². The van der Waals surface area contributed by atoms with Gasteiger partial charge >= 0.3 is 5.97 Å². The summed E-state index contributed by atoms with van der Waals surface area (Å²) in [7, 11) is 0. The number of carboxylic acids is 1. The quantitative estimate of drug-likeness (QED) is 0.271. The second kappa shape index (κ2) is 11.2. The van der Waals surface area contributed by atoms with Crippen molar-refractivity contribution in [3.05, 3.63) is 101 Å². The Morgan fingerprint density at radius 2 is 1.86 bits per heavy atom. The van der Waals surface area contributed by atoms with E-state index in [0.29, 0.717) is 23.8 Å². The second-order valence-electron chi connectivity index (χ2n) is 9.68. The standard InChI is InChI=1S/C32H32O5/c1-2-21-13-14-36-30(16-21)24-10-6-7-22(15-24)20-37-26-11-12-27-25(17-26)18-28(32(34)35)29(19-33)31(27)23-8-4-3-5-9-23/h3-12,15,17-18,21,30,33H,2,13-14,16,19-20H2,1H3,(H,34,35). The molecule has 1 aliphatic heterocycles. The van der Waals surface area contributed by atoms with Gasteiger partial charge < -0.3 is 19.7 Å². The molecule has 0 bridgehead atoms. The van der Waals surface area contributed by atoms with E-state index in [2.05, 4.69) is 25.1 Å². The molecule has 1 saturated heterocycles. The Morgan fingerprint density at radius 3 is 2.62 bits per heavy atom. The van der Waals surface area contributed by atoms with Gasteiger partial charge in [-0.1, -0.05) is 67.9 Å². The highest BCUT2D eigenvalue weighted by atomic mass is 16.5. The predicted octanol–water partition coefficient (Wildman–Crippen LogP) is 7.15. The van der Waals surface area contributed by atoms with Crippen LogP contribution in [0, 0.1) is 5.92 Å². The fraction of sp³-hybridized carbons (Fsp3) is 0.281. The fourth-order valence-corrected chi connectivity index (χ4v) is 5.33. The normalized spacial score (nSPS) is 17.6. The molecule has 0 aromatic heterocycles. The maximum atomic E-state index is 12.1. The lowest BCUT2D eigenvalue weighted by molar-refractivity contribution is -0.0111. The molecule has 1 heterocycles. The number of aromatic carboxylic acids is 1. The van der Waals surface area contributed by atoms with Gasteiger partial charge in [0.05, 0.1) is 18.3 Å². The third-order valence-corrected chi connectivity index (χ3v) is 7.37. The Kier molecular flexibility index (Phi) is 7.54. The van der Waals surface area contributed by atoms with Gasteiger partial charge in [0.2, 0.25) is 0 Å². The van der Waals surface area contributed by atoms with E-state index < -0.39 is 5.97 Å². The van der Waals surface area contributed by atoms with Crippen LogP contribution < -0.4 is 4.74 Å². The lowest BCUT2D eigenvalue weighted by atomic mass is 9.89. The van der Waals surface area contributed by atoms with Crippen LogP contribution in [0.2, 0.25) is 0 Å². The number of aliphatic hydroxyl groups excluding tert-OH is 1. The lowest BCUT2D eigenvalue weighted by Crippen LogP contribution is -2.19. The second-order valence-corrected chi connectivity index (χ2v) is 9.68. The Hall–Kier alpha value is -3.67. The predicted molar refractivity (Wildman–Crippen MR) is 145 cm³/mol. The molecule has 0 radical (unpaired) electrons. The van der Waals surface area contributed by atoms with E-state index in [0.717, 1.165) is 46.9 Å². The van der Waals surface area contributed by atoms with Crippen LogP contribution in [0.4, 0.5) is 0 Å². The summed E-state index contributed by atoms with van der Waals surface area (Å²) in [6, 6.07) is 25.3. The van der Waals surface area contributed by atoms with Crippen molar-refractivity contribution >= 4 is 16.7 Å². The molecule has 0 spiro atoms. The van der Waals surface area contributed by atoms with Crippen LogP contribution >= 0.6 is 0 Å². The summed E-state index contributed by atoms with van der Waals surface area (Å²) in [5.74, 6) is 0.297. The minimum Gasteiger partial charge on any atom is -0.489 e. The number of hydrogen-bond acceptors (Lipinski definition) is 4. The Morgan fingerprint density at radius 1 is 1.03 bits per heavy atom. The molecule has 190 valence electrons. The van der Waals surface area contributed by atoms with Crippen molar-refractivity contribution in [2.45, 2.75) is 45.5 Å². The van der Waals surface area contributed by atoms with Gasteiger partial charge in [-0.25, -0.2) is 4.79 Å². The van der Waals surface area contributed by atoms with Crippen molar-refractivity contribution in [2.75, 3.05) is 6.61 Å². The summed E-state index contributed by atoms with van der Waals surface area (Å²) < 4.78 is 12.2. The molecule has 4 aromatic rings. The van der Waals surface area contributed by atoms with Crippen LogP contribution in [0.1, 0.15) is 59.3 Å². The zero-order chi connectivity index (χ0) is 25.8. The largest absolute Gasteiger partial charge is 0.489 e. The molecule has 2 unspecified atom stereocenters. The summed E-state index contributed by atoms with van der Waals surface area (Å²) >= 11 is 0. The van der Waals surface area contributed by atoms with Gasteiger partial charge in [0.1, 0.15) is 12.4 Å². The van der Waals surface area contributed by atoms with Crippen molar-refractivity contribution in [3.8, 4) is 16.9 Å². The van der Waals surface area contributed by atoms with Crippen molar-refractivity contribution < 1.29 is 24.5 Å². The van der Waals surface area contributed by atoms with Gasteiger partial charge in [-0.2, -0.15) is 0 Å². The zero-order valence-corrected chi connectivity index (χ0v) is 21.0. The molecule has 1 fully saturated rings. The van der Waals surface area contributed by atoms with E-state index in [1.807, 2.05) is 54.6 Å². The third-order valence-electron chi connectivity index (χ3n) is 7.37. The smallest absolute Gasteiger partial charge is 0.336 e. The van der Waals surface area contributed by atoms with E-state index >= 15 is 0 Å². The number of aliphatic hydroxyl groups is 1. The van der Waals surface area contributed by atoms with Gasteiger partial charge in [0.25, 0.3) is 0 Å². The summed E-state index contributed by atoms with van der Waals surface area (Å²) in [5, 5.41) is 21.6. The maximum absolute atomic E-state index is 12.1. The summed E-state index contributed by atoms with van der Waals surface area (Å²) in [5.41, 5.74) is 4.35. The van der Waals surface area contributed by atoms with E-state index in [4.69, 9.17) is 9.47 Å². The molecule has 4 aromatic carbocycles. The van der Waals surface area contributed by atoms with Crippen molar-refractivity contribution in [1.29, 1.82) is 0 Å². The maximum Gasteiger partial charge on any atom is 0.336 e. The number of carboxylic acid groups (broad SMARTS) is 1. The minimum absolute atomic E-state index is 0.0940. The number of benzene rings is 4. The van der Waals surface area contributed by atoms with Gasteiger partial charge in [0.15, 0.2) is 0 Å². The number of rotatable bonds is 8. The molecule has 0 amide bonds. The first kappa shape index (κ1) is 25.0. The highest BCUT2D eigenvalue weighted by Crippen LogP contribution is 2.37. The van der Waals surface area contributed by atoms with E-state index in [1.165, 1.54) is 12.0 Å². The van der Waals surface area contributed by atoms with Crippen LogP contribution in [-0.4, -0.2) is 22.8 Å². The van der Waals surface area contributed by atoms with Crippen molar-refractivity contribution in [2.24, 2.45) is 5.92 Å². The van der Waals surface area contributed by atoms with Crippen LogP contribution in [0.3, 0.4) is 0 Å².